The number of anilines is 1. The van der Waals surface area contributed by atoms with Crippen LogP contribution in [0.2, 0.25) is 0 Å². The normalized spacial score (nSPS) is 22.8. The van der Waals surface area contributed by atoms with E-state index in [0.29, 0.717) is 31.2 Å². The number of aromatic nitrogens is 2. The van der Waals surface area contributed by atoms with E-state index in [-0.39, 0.29) is 5.91 Å². The van der Waals surface area contributed by atoms with Crippen molar-refractivity contribution in [1.82, 2.24) is 9.97 Å². The zero-order chi connectivity index (χ0) is 13.3. The van der Waals surface area contributed by atoms with Crippen molar-refractivity contribution in [2.75, 3.05) is 18.0 Å². The molecular weight excluding hydrogens is 230 g/mol. The Hall–Kier alpha value is -2.16. The maximum absolute atomic E-state index is 11.4. The Morgan fingerprint density at radius 1 is 1.61 bits per heavy atom. The third-order valence-corrected chi connectivity index (χ3v) is 3.31. The predicted octanol–water partition coefficient (Wildman–Crippen LogP) is 0.358. The zero-order valence-electron chi connectivity index (χ0n) is 10.5. The van der Waals surface area contributed by atoms with Crippen LogP contribution in [-0.4, -0.2) is 29.0 Å². The van der Waals surface area contributed by atoms with E-state index in [0.717, 1.165) is 5.69 Å². The third-order valence-electron chi connectivity index (χ3n) is 3.31. The molecule has 0 radical (unpaired) electrons. The number of nitrogens with zero attached hydrogens (tertiary/aromatic N) is 4. The summed E-state index contributed by atoms with van der Waals surface area (Å²) in [5.41, 5.74) is 5.94. The highest BCUT2D eigenvalue weighted by atomic mass is 16.1. The fraction of sp³-hybridized carbons (Fsp3) is 0.500. The molecule has 1 amide bonds. The maximum Gasteiger partial charge on any atom is 0.226 e. The van der Waals surface area contributed by atoms with Crippen molar-refractivity contribution in [2.45, 2.75) is 20.3 Å². The Labute approximate surface area is 105 Å². The Kier molecular flexibility index (Phi) is 2.91. The molecule has 1 aromatic heterocycles. The number of hydrogen-bond acceptors (Lipinski definition) is 5. The molecule has 2 heterocycles. The average Bonchev–Trinajstić information content (AvgIpc) is 2.72. The van der Waals surface area contributed by atoms with Crippen LogP contribution in [-0.2, 0) is 4.79 Å². The van der Waals surface area contributed by atoms with Crippen LogP contribution >= 0.6 is 0 Å². The number of nitriles is 1. The summed E-state index contributed by atoms with van der Waals surface area (Å²) >= 11 is 0. The number of primary amides is 1. The fourth-order valence-electron chi connectivity index (χ4n) is 2.08. The van der Waals surface area contributed by atoms with Crippen LogP contribution < -0.4 is 10.6 Å². The van der Waals surface area contributed by atoms with E-state index in [4.69, 9.17) is 11.0 Å². The smallest absolute Gasteiger partial charge is 0.226 e. The minimum atomic E-state index is -0.542. The van der Waals surface area contributed by atoms with Gasteiger partial charge in [0.2, 0.25) is 11.9 Å². The highest BCUT2D eigenvalue weighted by Gasteiger charge is 2.39. The van der Waals surface area contributed by atoms with Crippen LogP contribution in [0.25, 0.3) is 0 Å². The highest BCUT2D eigenvalue weighted by molar-refractivity contribution is 5.81. The van der Waals surface area contributed by atoms with Gasteiger partial charge in [0.05, 0.1) is 5.41 Å². The van der Waals surface area contributed by atoms with Gasteiger partial charge in [0.25, 0.3) is 0 Å². The summed E-state index contributed by atoms with van der Waals surface area (Å²) in [5.74, 6) is 0.190. The molecular formula is C12H15N5O. The molecule has 94 valence electrons. The minimum absolute atomic E-state index is 0.307. The standard InChI is InChI=1S/C12H15N5O/c1-8-5-9(6-13)16-11(15-8)17-4-3-12(2,7-17)10(14)18/h5H,3-4,7H2,1-2H3,(H2,14,18). The van der Waals surface area contributed by atoms with E-state index >= 15 is 0 Å². The summed E-state index contributed by atoms with van der Waals surface area (Å²) < 4.78 is 0. The van der Waals surface area contributed by atoms with Gasteiger partial charge >= 0.3 is 0 Å². The molecule has 1 aliphatic heterocycles. The molecule has 2 N–H and O–H groups in total. The molecule has 1 aromatic rings. The second kappa shape index (κ2) is 4.26. The van der Waals surface area contributed by atoms with Gasteiger partial charge in [-0.1, -0.05) is 0 Å². The van der Waals surface area contributed by atoms with Gasteiger partial charge in [-0.05, 0) is 26.3 Å². The topological polar surface area (TPSA) is 95.9 Å². The van der Waals surface area contributed by atoms with E-state index in [1.54, 1.807) is 6.07 Å². The summed E-state index contributed by atoms with van der Waals surface area (Å²) in [7, 11) is 0. The lowest BCUT2D eigenvalue weighted by Crippen LogP contribution is -2.37. The van der Waals surface area contributed by atoms with Crippen molar-refractivity contribution >= 4 is 11.9 Å². The quantitative estimate of drug-likeness (QED) is 0.811. The van der Waals surface area contributed by atoms with Crippen molar-refractivity contribution in [3.8, 4) is 6.07 Å². The molecule has 1 saturated heterocycles. The van der Waals surface area contributed by atoms with Crippen LogP contribution in [0.5, 0.6) is 0 Å². The molecule has 1 aliphatic rings. The van der Waals surface area contributed by atoms with Gasteiger partial charge in [-0.25, -0.2) is 9.97 Å². The van der Waals surface area contributed by atoms with Crippen LogP contribution in [0, 0.1) is 23.7 Å². The van der Waals surface area contributed by atoms with E-state index in [1.165, 1.54) is 0 Å². The Balaban J connectivity index is 2.27. The second-order valence-electron chi connectivity index (χ2n) is 4.90. The Morgan fingerprint density at radius 3 is 2.89 bits per heavy atom. The Morgan fingerprint density at radius 2 is 2.33 bits per heavy atom. The molecule has 0 aromatic carbocycles. The predicted molar refractivity (Wildman–Crippen MR) is 65.6 cm³/mol. The molecule has 0 spiro atoms. The first-order chi connectivity index (χ1) is 8.44. The highest BCUT2D eigenvalue weighted by Crippen LogP contribution is 2.31. The van der Waals surface area contributed by atoms with Crippen LogP contribution in [0.1, 0.15) is 24.7 Å². The summed E-state index contributed by atoms with van der Waals surface area (Å²) in [6.45, 7) is 4.83. The maximum atomic E-state index is 11.4. The van der Waals surface area contributed by atoms with E-state index in [2.05, 4.69) is 9.97 Å². The Bertz CT molecular complexity index is 536. The molecule has 0 saturated carbocycles. The minimum Gasteiger partial charge on any atom is -0.369 e. The van der Waals surface area contributed by atoms with Crippen LogP contribution in [0.4, 0.5) is 5.95 Å². The number of nitrogens with two attached hydrogens (primary N) is 1. The van der Waals surface area contributed by atoms with Gasteiger partial charge in [0.15, 0.2) is 0 Å². The van der Waals surface area contributed by atoms with E-state index < -0.39 is 5.41 Å². The lowest BCUT2D eigenvalue weighted by atomic mass is 9.89. The van der Waals surface area contributed by atoms with Crippen molar-refractivity contribution < 1.29 is 4.79 Å². The molecule has 1 atom stereocenters. The molecule has 1 unspecified atom stereocenters. The number of rotatable bonds is 2. The van der Waals surface area contributed by atoms with Gasteiger partial charge in [-0.15, -0.1) is 0 Å². The van der Waals surface area contributed by atoms with Gasteiger partial charge < -0.3 is 10.6 Å². The van der Waals surface area contributed by atoms with Crippen molar-refractivity contribution in [3.05, 3.63) is 17.5 Å². The third kappa shape index (κ3) is 2.12. The summed E-state index contributed by atoms with van der Waals surface area (Å²) in [6, 6.07) is 3.64. The molecule has 0 bridgehead atoms. The summed E-state index contributed by atoms with van der Waals surface area (Å²) in [6.07, 6.45) is 0.682. The number of amides is 1. The number of carbonyl (C=O) groups excluding carboxylic acids is 1. The number of carbonyl (C=O) groups is 1. The monoisotopic (exact) mass is 245 g/mol. The van der Waals surface area contributed by atoms with Crippen molar-refractivity contribution in [3.63, 3.8) is 0 Å². The first-order valence-electron chi connectivity index (χ1n) is 5.75. The lowest BCUT2D eigenvalue weighted by Gasteiger charge is -2.21. The fourth-order valence-corrected chi connectivity index (χ4v) is 2.08. The van der Waals surface area contributed by atoms with Gasteiger partial charge in [0, 0.05) is 18.8 Å². The number of aryl methyl sites for hydroxylation is 1. The van der Waals surface area contributed by atoms with Gasteiger partial charge in [-0.3, -0.25) is 4.79 Å². The largest absolute Gasteiger partial charge is 0.369 e. The molecule has 18 heavy (non-hydrogen) atoms. The van der Waals surface area contributed by atoms with E-state index in [9.17, 15) is 4.79 Å². The van der Waals surface area contributed by atoms with Gasteiger partial charge in [-0.2, -0.15) is 5.26 Å². The SMILES string of the molecule is Cc1cc(C#N)nc(N2CCC(C)(C(N)=O)C2)n1. The summed E-state index contributed by atoms with van der Waals surface area (Å²) in [5, 5.41) is 8.89. The van der Waals surface area contributed by atoms with Crippen LogP contribution in [0.3, 0.4) is 0 Å². The van der Waals surface area contributed by atoms with Crippen molar-refractivity contribution in [1.29, 1.82) is 5.26 Å². The number of hydrogen-bond donors (Lipinski definition) is 1. The zero-order valence-corrected chi connectivity index (χ0v) is 10.5. The lowest BCUT2D eigenvalue weighted by molar-refractivity contribution is -0.125. The first-order valence-corrected chi connectivity index (χ1v) is 5.75. The molecule has 2 rings (SSSR count). The van der Waals surface area contributed by atoms with Crippen LogP contribution in [0.15, 0.2) is 6.07 Å². The molecule has 1 fully saturated rings. The van der Waals surface area contributed by atoms with E-state index in [1.807, 2.05) is 24.8 Å². The molecule has 0 aliphatic carbocycles. The summed E-state index contributed by atoms with van der Waals surface area (Å²) in [4.78, 5) is 21.8. The average molecular weight is 245 g/mol. The molecule has 6 heteroatoms. The van der Waals surface area contributed by atoms with Gasteiger partial charge in [0.1, 0.15) is 11.8 Å². The van der Waals surface area contributed by atoms with Crippen molar-refractivity contribution in [2.24, 2.45) is 11.1 Å². The molecule has 6 nitrogen and oxygen atoms in total. The second-order valence-corrected chi connectivity index (χ2v) is 4.90. The first kappa shape index (κ1) is 12.3.